The number of rotatable bonds is 4. The number of carbonyl (C=O) groups is 2. The fourth-order valence-corrected chi connectivity index (χ4v) is 7.59. The molecule has 0 saturated carbocycles. The van der Waals surface area contributed by atoms with Crippen molar-refractivity contribution >= 4 is 28.7 Å². The maximum absolute atomic E-state index is 13.1. The summed E-state index contributed by atoms with van der Waals surface area (Å²) in [5, 5.41) is 12.2. The minimum atomic E-state index is -1.62. The molecule has 9 heteroatoms. The molecule has 1 amide bonds. The van der Waals surface area contributed by atoms with Crippen LogP contribution in [-0.2, 0) is 22.5 Å². The van der Waals surface area contributed by atoms with Crippen molar-refractivity contribution in [3.8, 4) is 5.75 Å². The maximum Gasteiger partial charge on any atom is 0.415 e. The first-order valence-corrected chi connectivity index (χ1v) is 15.6. The van der Waals surface area contributed by atoms with Gasteiger partial charge in [0.25, 0.3) is 0 Å². The van der Waals surface area contributed by atoms with Crippen molar-refractivity contribution in [3.05, 3.63) is 52.2 Å². The van der Waals surface area contributed by atoms with Gasteiger partial charge in [0, 0.05) is 48.7 Å². The summed E-state index contributed by atoms with van der Waals surface area (Å²) in [6.07, 6.45) is 8.63. The van der Waals surface area contributed by atoms with Crippen molar-refractivity contribution in [2.75, 3.05) is 39.3 Å². The van der Waals surface area contributed by atoms with Crippen molar-refractivity contribution in [2.45, 2.75) is 77.0 Å². The van der Waals surface area contributed by atoms with E-state index in [0.717, 1.165) is 65.8 Å². The Morgan fingerprint density at radius 1 is 1.12 bits per heavy atom. The van der Waals surface area contributed by atoms with Crippen LogP contribution in [-0.4, -0.2) is 87.8 Å². The summed E-state index contributed by atoms with van der Waals surface area (Å²) in [6, 6.07) is 6.29. The summed E-state index contributed by atoms with van der Waals surface area (Å²) in [5.41, 5.74) is 4.96. The highest BCUT2D eigenvalue weighted by Crippen LogP contribution is 2.44. The fraction of sp³-hybridized carbons (Fsp3) is 0.545. The Morgan fingerprint density at radius 2 is 1.90 bits per heavy atom. The van der Waals surface area contributed by atoms with Gasteiger partial charge in [0.1, 0.15) is 12.4 Å². The van der Waals surface area contributed by atoms with E-state index in [0.29, 0.717) is 30.5 Å². The van der Waals surface area contributed by atoms with Crippen LogP contribution in [0.3, 0.4) is 0 Å². The molecule has 0 bridgehead atoms. The van der Waals surface area contributed by atoms with Crippen LogP contribution in [0.25, 0.3) is 16.6 Å². The Kier molecular flexibility index (Phi) is 6.97. The lowest BCUT2D eigenvalue weighted by molar-refractivity contribution is -0.163. The largest absolute Gasteiger partial charge is 0.459 e. The highest BCUT2D eigenvalue weighted by Gasteiger charge is 2.47. The van der Waals surface area contributed by atoms with Gasteiger partial charge in [-0.3, -0.25) is 0 Å². The smallest absolute Gasteiger partial charge is 0.415 e. The van der Waals surface area contributed by atoms with Gasteiger partial charge in [-0.1, -0.05) is 20.3 Å². The summed E-state index contributed by atoms with van der Waals surface area (Å²) in [6.45, 7) is 9.26. The first-order valence-electron chi connectivity index (χ1n) is 15.6. The number of aryl methyl sites for hydroxylation is 1. The van der Waals surface area contributed by atoms with Gasteiger partial charge < -0.3 is 29.3 Å². The predicted molar refractivity (Wildman–Crippen MR) is 159 cm³/mol. The van der Waals surface area contributed by atoms with Gasteiger partial charge in [0.2, 0.25) is 0 Å². The zero-order valence-electron chi connectivity index (χ0n) is 24.7. The number of pyridine rings is 1. The summed E-state index contributed by atoms with van der Waals surface area (Å²) >= 11 is 0. The number of amides is 1. The van der Waals surface area contributed by atoms with Gasteiger partial charge >= 0.3 is 12.1 Å². The summed E-state index contributed by atoms with van der Waals surface area (Å²) in [5.74, 6) is -0.0423. The lowest BCUT2D eigenvalue weighted by Crippen LogP contribution is -2.48. The van der Waals surface area contributed by atoms with E-state index in [4.69, 9.17) is 14.5 Å². The number of esters is 1. The highest BCUT2D eigenvalue weighted by atomic mass is 16.6. The number of fused-ring (bicyclic) bond motifs is 4. The Bertz CT molecular complexity index is 1500. The second kappa shape index (κ2) is 10.7. The molecule has 2 aromatic rings. The molecule has 0 radical (unpaired) electrons. The number of hydrogen-bond acceptors (Lipinski definition) is 8. The number of aromatic nitrogens is 1. The second-order valence-electron chi connectivity index (χ2n) is 12.3. The third-order valence-electron chi connectivity index (χ3n) is 10.0. The van der Waals surface area contributed by atoms with Crippen molar-refractivity contribution in [1.82, 2.24) is 19.7 Å². The zero-order valence-corrected chi connectivity index (χ0v) is 24.7. The van der Waals surface area contributed by atoms with Crippen molar-refractivity contribution in [2.24, 2.45) is 0 Å². The Labute approximate surface area is 246 Å². The van der Waals surface area contributed by atoms with Crippen LogP contribution < -0.4 is 4.74 Å². The van der Waals surface area contributed by atoms with E-state index in [9.17, 15) is 14.7 Å². The molecule has 9 nitrogen and oxygen atoms in total. The van der Waals surface area contributed by atoms with Crippen LogP contribution in [0, 0.1) is 0 Å². The topological polar surface area (TPSA) is 95.4 Å². The Hall–Kier alpha value is -3.43. The number of cyclic esters (lactones) is 1. The average molecular weight is 573 g/mol. The van der Waals surface area contributed by atoms with Gasteiger partial charge in [-0.15, -0.1) is 0 Å². The second-order valence-corrected chi connectivity index (χ2v) is 12.3. The molecule has 0 spiro atoms. The molecule has 2 fully saturated rings. The van der Waals surface area contributed by atoms with E-state index in [1.807, 2.05) is 29.2 Å². The molecule has 5 aliphatic heterocycles. The molecular formula is C33H40N4O5. The van der Waals surface area contributed by atoms with Crippen LogP contribution in [0.2, 0.25) is 0 Å². The Balaban J connectivity index is 1.12. The molecule has 1 aromatic heterocycles. The van der Waals surface area contributed by atoms with Gasteiger partial charge in [-0.25, -0.2) is 14.6 Å². The van der Waals surface area contributed by atoms with Crippen LogP contribution in [0.1, 0.15) is 69.2 Å². The molecule has 0 unspecified atom stereocenters. The first-order chi connectivity index (χ1) is 20.4. The van der Waals surface area contributed by atoms with Crippen LogP contribution >= 0.6 is 0 Å². The molecule has 1 atom stereocenters. The number of ether oxygens (including phenoxy) is 2. The van der Waals surface area contributed by atoms with Crippen LogP contribution in [0.4, 0.5) is 4.79 Å². The molecule has 7 rings (SSSR count). The lowest BCUT2D eigenvalue weighted by atomic mass is 9.83. The minimum absolute atomic E-state index is 0.202. The standard InChI is InChI=1S/C33H40N4O5/c1-3-24-25-16-23(42-32(39)36-14-10-22(11-15-36)35-12-6-5-7-13-35)8-9-28(25)34-30-26(24)19-37-18-21-20-41-31(38)33(40,4-2)27(21)17-29(30)37/h8-9,16-17,22,40H,3-7,10-15,18-20H2,1-2H3/t33-/m0/s1. The molecular weight excluding hydrogens is 532 g/mol. The third kappa shape index (κ3) is 4.48. The van der Waals surface area contributed by atoms with E-state index >= 15 is 0 Å². The van der Waals surface area contributed by atoms with Gasteiger partial charge in [0.15, 0.2) is 5.60 Å². The SMILES string of the molecule is CCc1c2c(nc3ccc(OC(=O)N4CCC(N5CCCCC5)CC4)cc13)C1=CC3=C(COC(=O)[C@]3(O)CC)CN1C2. The number of piperidine rings is 2. The van der Waals surface area contributed by atoms with E-state index in [1.54, 1.807) is 6.92 Å². The zero-order chi connectivity index (χ0) is 29.0. The monoisotopic (exact) mass is 572 g/mol. The number of nitrogens with zero attached hydrogens (tertiary/aromatic N) is 4. The fourth-order valence-electron chi connectivity index (χ4n) is 7.59. The molecule has 1 N–H and O–H groups in total. The van der Waals surface area contributed by atoms with E-state index in [-0.39, 0.29) is 19.1 Å². The van der Waals surface area contributed by atoms with Gasteiger partial charge in [0.05, 0.1) is 16.9 Å². The summed E-state index contributed by atoms with van der Waals surface area (Å²) in [4.78, 5) is 37.4. The molecule has 2 saturated heterocycles. The van der Waals surface area contributed by atoms with Gasteiger partial charge in [-0.2, -0.15) is 0 Å². The number of benzene rings is 1. The number of carbonyl (C=O) groups excluding carboxylic acids is 2. The lowest BCUT2D eigenvalue weighted by Gasteiger charge is -2.39. The van der Waals surface area contributed by atoms with Crippen LogP contribution in [0.15, 0.2) is 35.4 Å². The third-order valence-corrected chi connectivity index (χ3v) is 10.0. The highest BCUT2D eigenvalue weighted by molar-refractivity contribution is 5.92. The molecule has 1 aromatic carbocycles. The minimum Gasteiger partial charge on any atom is -0.459 e. The quantitative estimate of drug-likeness (QED) is 0.539. The summed E-state index contributed by atoms with van der Waals surface area (Å²) in [7, 11) is 0. The molecule has 222 valence electrons. The van der Waals surface area contributed by atoms with Crippen LogP contribution in [0.5, 0.6) is 5.75 Å². The Morgan fingerprint density at radius 3 is 2.64 bits per heavy atom. The summed E-state index contributed by atoms with van der Waals surface area (Å²) < 4.78 is 11.3. The molecule has 42 heavy (non-hydrogen) atoms. The number of likely N-dealkylation sites (tertiary alicyclic amines) is 2. The van der Waals surface area contributed by atoms with E-state index < -0.39 is 11.6 Å². The van der Waals surface area contributed by atoms with E-state index in [2.05, 4.69) is 16.7 Å². The molecule has 5 aliphatic rings. The molecule has 6 heterocycles. The number of hydrogen-bond donors (Lipinski definition) is 1. The average Bonchev–Trinajstić information content (AvgIpc) is 3.38. The van der Waals surface area contributed by atoms with E-state index in [1.165, 1.54) is 37.9 Å². The van der Waals surface area contributed by atoms with Gasteiger partial charge in [-0.05, 0) is 87.0 Å². The van der Waals surface area contributed by atoms with Crippen molar-refractivity contribution < 1.29 is 24.2 Å². The molecule has 0 aliphatic carbocycles. The predicted octanol–water partition coefficient (Wildman–Crippen LogP) is 4.41. The normalized spacial score (nSPS) is 24.7. The van der Waals surface area contributed by atoms with Crippen molar-refractivity contribution in [1.29, 1.82) is 0 Å². The maximum atomic E-state index is 13.1. The van der Waals surface area contributed by atoms with Crippen molar-refractivity contribution in [3.63, 3.8) is 0 Å². The first kappa shape index (κ1) is 27.4. The number of aliphatic hydroxyl groups is 1.